The molecule has 2 aromatic carbocycles. The Morgan fingerprint density at radius 3 is 2.78 bits per heavy atom. The molecule has 1 amide bonds. The Bertz CT molecular complexity index is 702. The summed E-state index contributed by atoms with van der Waals surface area (Å²) in [7, 11) is 0. The van der Waals surface area contributed by atoms with Crippen LogP contribution in [0.1, 0.15) is 37.3 Å². The molecule has 1 unspecified atom stereocenters. The zero-order chi connectivity index (χ0) is 15.6. The summed E-state index contributed by atoms with van der Waals surface area (Å²) in [4.78, 5) is 14.7. The molecule has 2 fully saturated rings. The number of hydrogen-bond donors (Lipinski definition) is 1. The van der Waals surface area contributed by atoms with Crippen molar-refractivity contribution >= 4 is 16.7 Å². The number of carbonyl (C=O) groups excluding carboxylic acids is 1. The molecule has 23 heavy (non-hydrogen) atoms. The van der Waals surface area contributed by atoms with Gasteiger partial charge in [-0.05, 0) is 54.5 Å². The minimum Gasteiger partial charge on any atom is -0.335 e. The molecule has 0 radical (unpaired) electrons. The fraction of sp³-hybridized carbons (Fsp3) is 0.450. The Morgan fingerprint density at radius 1 is 1.09 bits per heavy atom. The maximum Gasteiger partial charge on any atom is 0.237 e. The second-order valence-corrected chi connectivity index (χ2v) is 6.89. The van der Waals surface area contributed by atoms with E-state index in [1.54, 1.807) is 0 Å². The first-order valence-electron chi connectivity index (χ1n) is 8.81. The van der Waals surface area contributed by atoms with E-state index in [-0.39, 0.29) is 11.9 Å². The van der Waals surface area contributed by atoms with Crippen LogP contribution in [-0.4, -0.2) is 30.4 Å². The lowest BCUT2D eigenvalue weighted by Crippen LogP contribution is -2.38. The molecule has 2 aromatic rings. The number of rotatable bonds is 5. The second-order valence-electron chi connectivity index (χ2n) is 6.89. The number of benzene rings is 2. The van der Waals surface area contributed by atoms with E-state index in [0.717, 1.165) is 31.8 Å². The fourth-order valence-corrected chi connectivity index (χ4v) is 3.74. The van der Waals surface area contributed by atoms with Crippen LogP contribution in [0.4, 0.5) is 0 Å². The van der Waals surface area contributed by atoms with Crippen molar-refractivity contribution in [2.75, 3.05) is 19.6 Å². The van der Waals surface area contributed by atoms with Crippen LogP contribution < -0.4 is 5.32 Å². The lowest BCUT2D eigenvalue weighted by Gasteiger charge is -2.26. The lowest BCUT2D eigenvalue weighted by atomic mass is 9.97. The van der Waals surface area contributed by atoms with Gasteiger partial charge in [-0.25, -0.2) is 0 Å². The van der Waals surface area contributed by atoms with Gasteiger partial charge in [0.05, 0.1) is 12.6 Å². The van der Waals surface area contributed by atoms with E-state index >= 15 is 0 Å². The van der Waals surface area contributed by atoms with Gasteiger partial charge in [-0.15, -0.1) is 0 Å². The van der Waals surface area contributed by atoms with Crippen LogP contribution in [0.2, 0.25) is 0 Å². The standard InChI is InChI=1S/C20H24N2O/c23-20(14-21-13-15-10-11-15)22-12-4-9-19(22)18-8-3-6-16-5-1-2-7-17(16)18/h1-3,5-8,15,19,21H,4,9-14H2. The van der Waals surface area contributed by atoms with E-state index in [2.05, 4.69) is 52.7 Å². The van der Waals surface area contributed by atoms with Crippen molar-refractivity contribution in [1.29, 1.82) is 0 Å². The Morgan fingerprint density at radius 2 is 1.91 bits per heavy atom. The summed E-state index contributed by atoms with van der Waals surface area (Å²) in [6.45, 7) is 2.37. The second kappa shape index (κ2) is 6.32. The highest BCUT2D eigenvalue weighted by atomic mass is 16.2. The molecular weight excluding hydrogens is 284 g/mol. The third kappa shape index (κ3) is 3.11. The lowest BCUT2D eigenvalue weighted by molar-refractivity contribution is -0.131. The largest absolute Gasteiger partial charge is 0.335 e. The van der Waals surface area contributed by atoms with E-state index in [0.29, 0.717) is 6.54 Å². The summed E-state index contributed by atoms with van der Waals surface area (Å²) >= 11 is 0. The average Bonchev–Trinajstić information content (AvgIpc) is 3.28. The highest BCUT2D eigenvalue weighted by Gasteiger charge is 2.30. The van der Waals surface area contributed by atoms with Crippen LogP contribution in [0.15, 0.2) is 42.5 Å². The highest BCUT2D eigenvalue weighted by molar-refractivity contribution is 5.87. The van der Waals surface area contributed by atoms with Crippen molar-refractivity contribution in [3.63, 3.8) is 0 Å². The normalized spacial score (nSPS) is 21.0. The highest BCUT2D eigenvalue weighted by Crippen LogP contribution is 2.35. The van der Waals surface area contributed by atoms with E-state index in [9.17, 15) is 4.79 Å². The van der Waals surface area contributed by atoms with E-state index < -0.39 is 0 Å². The van der Waals surface area contributed by atoms with Gasteiger partial charge < -0.3 is 10.2 Å². The number of nitrogens with zero attached hydrogens (tertiary/aromatic N) is 1. The van der Waals surface area contributed by atoms with Crippen LogP contribution in [0.25, 0.3) is 10.8 Å². The quantitative estimate of drug-likeness (QED) is 0.917. The van der Waals surface area contributed by atoms with Gasteiger partial charge in [0.15, 0.2) is 0 Å². The molecule has 3 heteroatoms. The van der Waals surface area contributed by atoms with Crippen LogP contribution in [0, 0.1) is 5.92 Å². The minimum absolute atomic E-state index is 0.233. The van der Waals surface area contributed by atoms with Crippen molar-refractivity contribution < 1.29 is 4.79 Å². The van der Waals surface area contributed by atoms with Crippen LogP contribution >= 0.6 is 0 Å². The number of hydrogen-bond acceptors (Lipinski definition) is 2. The topological polar surface area (TPSA) is 32.3 Å². The number of amides is 1. The maximum atomic E-state index is 12.6. The van der Waals surface area contributed by atoms with E-state index in [1.165, 1.54) is 29.2 Å². The zero-order valence-corrected chi connectivity index (χ0v) is 13.5. The predicted molar refractivity (Wildman–Crippen MR) is 93.2 cm³/mol. The van der Waals surface area contributed by atoms with E-state index in [4.69, 9.17) is 0 Å². The molecule has 3 nitrogen and oxygen atoms in total. The minimum atomic E-state index is 0.233. The summed E-state index contributed by atoms with van der Waals surface area (Å²) in [6.07, 6.45) is 4.82. The molecule has 1 saturated heterocycles. The summed E-state index contributed by atoms with van der Waals surface area (Å²) < 4.78 is 0. The third-order valence-electron chi connectivity index (χ3n) is 5.16. The van der Waals surface area contributed by atoms with Gasteiger partial charge >= 0.3 is 0 Å². The number of carbonyl (C=O) groups is 1. The third-order valence-corrected chi connectivity index (χ3v) is 5.16. The average molecular weight is 308 g/mol. The molecule has 0 aromatic heterocycles. The fourth-order valence-electron chi connectivity index (χ4n) is 3.74. The van der Waals surface area contributed by atoms with Crippen molar-refractivity contribution in [3.05, 3.63) is 48.0 Å². The van der Waals surface area contributed by atoms with Gasteiger partial charge in [-0.3, -0.25) is 4.79 Å². The molecule has 4 rings (SSSR count). The molecule has 0 bridgehead atoms. The molecule has 1 aliphatic heterocycles. The molecule has 1 atom stereocenters. The molecule has 120 valence electrons. The number of nitrogens with one attached hydrogen (secondary N) is 1. The van der Waals surface area contributed by atoms with Gasteiger partial charge in [0.2, 0.25) is 5.91 Å². The number of fused-ring (bicyclic) bond motifs is 1. The summed E-state index contributed by atoms with van der Waals surface area (Å²) in [6, 6.07) is 15.2. The van der Waals surface area contributed by atoms with Crippen molar-refractivity contribution in [2.45, 2.75) is 31.7 Å². The first kappa shape index (κ1) is 14.7. The Kier molecular flexibility index (Phi) is 4.04. The van der Waals surface area contributed by atoms with Crippen LogP contribution in [0.3, 0.4) is 0 Å². The monoisotopic (exact) mass is 308 g/mol. The van der Waals surface area contributed by atoms with Crippen LogP contribution in [0.5, 0.6) is 0 Å². The summed E-state index contributed by atoms with van der Waals surface area (Å²) in [5.74, 6) is 1.07. The Balaban J connectivity index is 1.53. The molecule has 0 spiro atoms. The molecule has 1 N–H and O–H groups in total. The first-order chi connectivity index (χ1) is 11.3. The molecule has 1 aliphatic carbocycles. The zero-order valence-electron chi connectivity index (χ0n) is 13.5. The SMILES string of the molecule is O=C(CNCC1CC1)N1CCCC1c1cccc2ccccc12. The summed E-state index contributed by atoms with van der Waals surface area (Å²) in [5.41, 5.74) is 1.30. The molecule has 2 aliphatic rings. The molecule has 1 saturated carbocycles. The molecule has 1 heterocycles. The van der Waals surface area contributed by atoms with Crippen molar-refractivity contribution in [1.82, 2.24) is 10.2 Å². The van der Waals surface area contributed by atoms with Crippen molar-refractivity contribution in [3.8, 4) is 0 Å². The predicted octanol–water partition coefficient (Wildman–Crippen LogP) is 3.50. The smallest absolute Gasteiger partial charge is 0.237 e. The van der Waals surface area contributed by atoms with Gasteiger partial charge in [-0.2, -0.15) is 0 Å². The Labute approximate surface area is 137 Å². The Hall–Kier alpha value is -1.87. The van der Waals surface area contributed by atoms with Gasteiger partial charge in [0.1, 0.15) is 0 Å². The number of likely N-dealkylation sites (tertiary alicyclic amines) is 1. The van der Waals surface area contributed by atoms with Crippen LogP contribution in [-0.2, 0) is 4.79 Å². The van der Waals surface area contributed by atoms with E-state index in [1.807, 2.05) is 0 Å². The van der Waals surface area contributed by atoms with Gasteiger partial charge in [0, 0.05) is 6.54 Å². The summed E-state index contributed by atoms with van der Waals surface area (Å²) in [5, 5.41) is 5.89. The van der Waals surface area contributed by atoms with Crippen molar-refractivity contribution in [2.24, 2.45) is 5.92 Å². The van der Waals surface area contributed by atoms with Gasteiger partial charge in [0.25, 0.3) is 0 Å². The first-order valence-corrected chi connectivity index (χ1v) is 8.81. The van der Waals surface area contributed by atoms with Gasteiger partial charge in [-0.1, -0.05) is 42.5 Å². The molecular formula is C20H24N2O. The maximum absolute atomic E-state index is 12.6.